The first-order valence-corrected chi connectivity index (χ1v) is 9.47. The minimum absolute atomic E-state index is 0.0715. The second-order valence-electron chi connectivity index (χ2n) is 8.13. The smallest absolute Gasteiger partial charge is 0.315 e. The molecule has 4 rings (SSSR count). The van der Waals surface area contributed by atoms with Gasteiger partial charge >= 0.3 is 6.03 Å². The van der Waals surface area contributed by atoms with Gasteiger partial charge in [-0.25, -0.2) is 4.79 Å². The standard InChI is InChI=1S/C20H27N3O2/c1-20(10-8-14-4-2-3-5-15(14)12-20)18(24)23-11-9-17(13-23)22-19(25)21-16-6-7-16/h2-5,16-17H,6-13H2,1H3,(H2,21,22,25). The van der Waals surface area contributed by atoms with E-state index >= 15 is 0 Å². The number of benzene rings is 1. The van der Waals surface area contributed by atoms with Crippen molar-refractivity contribution in [2.45, 2.75) is 57.5 Å². The molecular weight excluding hydrogens is 314 g/mol. The van der Waals surface area contributed by atoms with Crippen molar-refractivity contribution in [2.75, 3.05) is 13.1 Å². The summed E-state index contributed by atoms with van der Waals surface area (Å²) in [5.41, 5.74) is 2.37. The average molecular weight is 341 g/mol. The van der Waals surface area contributed by atoms with Crippen molar-refractivity contribution in [1.29, 1.82) is 0 Å². The van der Waals surface area contributed by atoms with Crippen LogP contribution in [0, 0.1) is 5.41 Å². The van der Waals surface area contributed by atoms with Crippen LogP contribution in [-0.4, -0.2) is 42.0 Å². The van der Waals surface area contributed by atoms with Gasteiger partial charge < -0.3 is 15.5 Å². The molecule has 0 bridgehead atoms. The number of rotatable bonds is 3. The molecular formula is C20H27N3O2. The molecule has 1 heterocycles. The van der Waals surface area contributed by atoms with Crippen LogP contribution in [0.1, 0.15) is 43.7 Å². The van der Waals surface area contributed by atoms with Gasteiger partial charge in [0.15, 0.2) is 0 Å². The summed E-state index contributed by atoms with van der Waals surface area (Å²) in [4.78, 5) is 27.0. The Balaban J connectivity index is 1.36. The van der Waals surface area contributed by atoms with E-state index in [9.17, 15) is 9.59 Å². The third-order valence-corrected chi connectivity index (χ3v) is 5.88. The Morgan fingerprint density at radius 1 is 1.08 bits per heavy atom. The summed E-state index contributed by atoms with van der Waals surface area (Å²) in [6.45, 7) is 3.48. The quantitative estimate of drug-likeness (QED) is 0.886. The predicted octanol–water partition coefficient (Wildman–Crippen LogP) is 2.24. The van der Waals surface area contributed by atoms with Crippen molar-refractivity contribution in [2.24, 2.45) is 5.41 Å². The van der Waals surface area contributed by atoms with Gasteiger partial charge in [0, 0.05) is 25.2 Å². The molecule has 3 aliphatic rings. The molecule has 0 radical (unpaired) electrons. The number of likely N-dealkylation sites (tertiary alicyclic amines) is 1. The van der Waals surface area contributed by atoms with Crippen LogP contribution in [0.25, 0.3) is 0 Å². The molecule has 2 atom stereocenters. The zero-order valence-corrected chi connectivity index (χ0v) is 14.9. The number of nitrogens with zero attached hydrogens (tertiary/aromatic N) is 1. The first-order valence-electron chi connectivity index (χ1n) is 9.47. The summed E-state index contributed by atoms with van der Waals surface area (Å²) < 4.78 is 0. The van der Waals surface area contributed by atoms with Gasteiger partial charge in [0.2, 0.25) is 5.91 Å². The molecule has 134 valence electrons. The normalized spacial score (nSPS) is 28.4. The highest BCUT2D eigenvalue weighted by atomic mass is 16.2. The number of hydrogen-bond donors (Lipinski definition) is 2. The number of amides is 3. The van der Waals surface area contributed by atoms with Crippen LogP contribution in [0.4, 0.5) is 4.79 Å². The minimum atomic E-state index is -0.320. The van der Waals surface area contributed by atoms with Crippen LogP contribution in [0.5, 0.6) is 0 Å². The van der Waals surface area contributed by atoms with E-state index in [-0.39, 0.29) is 23.4 Å². The van der Waals surface area contributed by atoms with Gasteiger partial charge in [-0.15, -0.1) is 0 Å². The summed E-state index contributed by atoms with van der Waals surface area (Å²) in [5.74, 6) is 0.244. The zero-order valence-electron chi connectivity index (χ0n) is 14.9. The summed E-state index contributed by atoms with van der Waals surface area (Å²) in [6, 6.07) is 8.81. The Labute approximate surface area is 149 Å². The molecule has 1 aromatic carbocycles. The van der Waals surface area contributed by atoms with E-state index in [1.165, 1.54) is 11.1 Å². The Morgan fingerprint density at radius 2 is 1.80 bits per heavy atom. The Bertz CT molecular complexity index is 685. The molecule has 2 aliphatic carbocycles. The second kappa shape index (κ2) is 6.36. The molecule has 5 heteroatoms. The first kappa shape index (κ1) is 16.4. The Hall–Kier alpha value is -2.04. The number of urea groups is 1. The zero-order chi connectivity index (χ0) is 17.4. The van der Waals surface area contributed by atoms with E-state index in [0.29, 0.717) is 12.6 Å². The van der Waals surface area contributed by atoms with Crippen LogP contribution in [0.3, 0.4) is 0 Å². The van der Waals surface area contributed by atoms with E-state index < -0.39 is 0 Å². The van der Waals surface area contributed by atoms with E-state index in [1.54, 1.807) is 0 Å². The lowest BCUT2D eigenvalue weighted by atomic mass is 9.72. The largest absolute Gasteiger partial charge is 0.340 e. The van der Waals surface area contributed by atoms with Gasteiger partial charge in [-0.05, 0) is 49.7 Å². The van der Waals surface area contributed by atoms with Crippen molar-refractivity contribution in [3.8, 4) is 0 Å². The first-order chi connectivity index (χ1) is 12.0. The lowest BCUT2D eigenvalue weighted by Crippen LogP contribution is -2.47. The third kappa shape index (κ3) is 3.51. The molecule has 3 amide bonds. The van der Waals surface area contributed by atoms with E-state index in [4.69, 9.17) is 0 Å². The molecule has 1 saturated carbocycles. The maximum atomic E-state index is 13.1. The van der Waals surface area contributed by atoms with Gasteiger partial charge in [0.05, 0.1) is 5.41 Å². The van der Waals surface area contributed by atoms with Gasteiger partial charge in [-0.3, -0.25) is 4.79 Å². The fourth-order valence-corrected chi connectivity index (χ4v) is 4.16. The number of carbonyl (C=O) groups excluding carboxylic acids is 2. The summed E-state index contributed by atoms with van der Waals surface area (Å²) >= 11 is 0. The van der Waals surface area contributed by atoms with Crippen LogP contribution in [0.2, 0.25) is 0 Å². The van der Waals surface area contributed by atoms with Crippen LogP contribution >= 0.6 is 0 Å². The molecule has 2 unspecified atom stereocenters. The average Bonchev–Trinajstić information content (AvgIpc) is 3.29. The highest BCUT2D eigenvalue weighted by Crippen LogP contribution is 2.37. The van der Waals surface area contributed by atoms with Crippen LogP contribution < -0.4 is 10.6 Å². The van der Waals surface area contributed by atoms with Crippen molar-refractivity contribution in [1.82, 2.24) is 15.5 Å². The minimum Gasteiger partial charge on any atom is -0.340 e. The monoisotopic (exact) mass is 341 g/mol. The SMILES string of the molecule is CC1(C(=O)N2CCC(NC(=O)NC3CC3)C2)CCc2ccccc2C1. The maximum Gasteiger partial charge on any atom is 0.315 e. The van der Waals surface area contributed by atoms with E-state index in [0.717, 1.165) is 45.1 Å². The van der Waals surface area contributed by atoms with Crippen molar-refractivity contribution < 1.29 is 9.59 Å². The molecule has 1 aromatic rings. The second-order valence-corrected chi connectivity index (χ2v) is 8.13. The molecule has 2 N–H and O–H groups in total. The fraction of sp³-hybridized carbons (Fsp3) is 0.600. The number of hydrogen-bond acceptors (Lipinski definition) is 2. The fourth-order valence-electron chi connectivity index (χ4n) is 4.16. The summed E-state index contributed by atoms with van der Waals surface area (Å²) in [5, 5.41) is 5.98. The van der Waals surface area contributed by atoms with E-state index in [2.05, 4.69) is 41.8 Å². The maximum absolute atomic E-state index is 13.1. The van der Waals surface area contributed by atoms with Crippen LogP contribution in [0.15, 0.2) is 24.3 Å². The van der Waals surface area contributed by atoms with Gasteiger partial charge in [-0.2, -0.15) is 0 Å². The topological polar surface area (TPSA) is 61.4 Å². The molecule has 1 saturated heterocycles. The van der Waals surface area contributed by atoms with Crippen molar-refractivity contribution in [3.63, 3.8) is 0 Å². The number of aryl methyl sites for hydroxylation is 1. The highest BCUT2D eigenvalue weighted by Gasteiger charge is 2.41. The highest BCUT2D eigenvalue weighted by molar-refractivity contribution is 5.83. The Kier molecular flexibility index (Phi) is 4.18. The number of carbonyl (C=O) groups is 2. The predicted molar refractivity (Wildman–Crippen MR) is 96.2 cm³/mol. The molecule has 5 nitrogen and oxygen atoms in total. The molecule has 0 aromatic heterocycles. The third-order valence-electron chi connectivity index (χ3n) is 5.88. The molecule has 25 heavy (non-hydrogen) atoms. The lowest BCUT2D eigenvalue weighted by Gasteiger charge is -2.36. The van der Waals surface area contributed by atoms with Gasteiger partial charge in [0.1, 0.15) is 0 Å². The van der Waals surface area contributed by atoms with E-state index in [1.807, 2.05) is 4.90 Å². The molecule has 2 fully saturated rings. The summed E-state index contributed by atoms with van der Waals surface area (Å²) in [7, 11) is 0. The number of fused-ring (bicyclic) bond motifs is 1. The molecule has 1 aliphatic heterocycles. The van der Waals surface area contributed by atoms with Crippen molar-refractivity contribution in [3.05, 3.63) is 35.4 Å². The summed E-state index contributed by atoms with van der Waals surface area (Å²) in [6.07, 6.45) is 5.71. The van der Waals surface area contributed by atoms with Gasteiger partial charge in [-0.1, -0.05) is 31.2 Å². The molecule has 0 spiro atoms. The van der Waals surface area contributed by atoms with Gasteiger partial charge in [0.25, 0.3) is 0 Å². The number of nitrogens with one attached hydrogen (secondary N) is 2. The van der Waals surface area contributed by atoms with Crippen molar-refractivity contribution >= 4 is 11.9 Å². The lowest BCUT2D eigenvalue weighted by molar-refractivity contribution is -0.140. The Morgan fingerprint density at radius 3 is 2.56 bits per heavy atom. The van der Waals surface area contributed by atoms with Crippen LogP contribution in [-0.2, 0) is 17.6 Å².